The first-order valence-corrected chi connectivity index (χ1v) is 7.43. The van der Waals surface area contributed by atoms with Crippen LogP contribution in [0, 0.1) is 18.3 Å². The highest BCUT2D eigenvalue weighted by atomic mass is 35.5. The molecule has 0 aliphatic rings. The maximum Gasteiger partial charge on any atom is 0.264 e. The highest BCUT2D eigenvalue weighted by Crippen LogP contribution is 2.22. The van der Waals surface area contributed by atoms with E-state index < -0.39 is 10.0 Å². The molecule has 0 spiro atoms. The van der Waals surface area contributed by atoms with Crippen LogP contribution >= 0.6 is 11.6 Å². The van der Waals surface area contributed by atoms with Gasteiger partial charge in [-0.25, -0.2) is 13.4 Å². The molecule has 0 atom stereocenters. The number of aryl methyl sites for hydroxylation is 1. The van der Waals surface area contributed by atoms with Crippen molar-refractivity contribution in [1.82, 2.24) is 4.98 Å². The van der Waals surface area contributed by atoms with E-state index in [0.717, 1.165) is 5.56 Å². The maximum absolute atomic E-state index is 12.3. The zero-order valence-corrected chi connectivity index (χ0v) is 12.0. The van der Waals surface area contributed by atoms with Gasteiger partial charge in [0.25, 0.3) is 10.0 Å². The van der Waals surface area contributed by atoms with Crippen LogP contribution in [0.5, 0.6) is 0 Å². The van der Waals surface area contributed by atoms with Gasteiger partial charge in [-0.2, -0.15) is 5.26 Å². The van der Waals surface area contributed by atoms with Crippen molar-refractivity contribution in [2.75, 3.05) is 4.72 Å². The molecule has 0 aliphatic carbocycles. The van der Waals surface area contributed by atoms with E-state index in [-0.39, 0.29) is 21.3 Å². The zero-order valence-electron chi connectivity index (χ0n) is 10.5. The second-order valence-electron chi connectivity index (χ2n) is 4.08. The number of nitrogens with zero attached hydrogens (tertiary/aromatic N) is 2. The van der Waals surface area contributed by atoms with Crippen molar-refractivity contribution in [3.63, 3.8) is 0 Å². The Balaban J connectivity index is 2.43. The fourth-order valence-corrected chi connectivity index (χ4v) is 2.96. The van der Waals surface area contributed by atoms with E-state index in [2.05, 4.69) is 9.71 Å². The summed E-state index contributed by atoms with van der Waals surface area (Å²) in [7, 11) is -3.91. The second-order valence-corrected chi connectivity index (χ2v) is 6.17. The Morgan fingerprint density at radius 3 is 2.65 bits per heavy atom. The van der Waals surface area contributed by atoms with Crippen LogP contribution in [0.2, 0.25) is 5.02 Å². The van der Waals surface area contributed by atoms with E-state index in [1.165, 1.54) is 18.2 Å². The van der Waals surface area contributed by atoms with Crippen LogP contribution in [0.1, 0.15) is 11.1 Å². The van der Waals surface area contributed by atoms with Crippen molar-refractivity contribution in [2.24, 2.45) is 0 Å². The Kier molecular flexibility index (Phi) is 3.93. The molecule has 0 unspecified atom stereocenters. The second kappa shape index (κ2) is 5.49. The molecule has 1 heterocycles. The molecule has 7 heteroatoms. The van der Waals surface area contributed by atoms with Gasteiger partial charge < -0.3 is 0 Å². The number of pyridine rings is 1. The first-order valence-electron chi connectivity index (χ1n) is 5.57. The van der Waals surface area contributed by atoms with Crippen LogP contribution in [0.25, 0.3) is 0 Å². The summed E-state index contributed by atoms with van der Waals surface area (Å²) in [5.41, 5.74) is 0.933. The van der Waals surface area contributed by atoms with Crippen LogP contribution in [0.15, 0.2) is 41.4 Å². The number of hydrogen-bond donors (Lipinski definition) is 1. The van der Waals surface area contributed by atoms with Crippen LogP contribution in [-0.2, 0) is 10.0 Å². The van der Waals surface area contributed by atoms with Crippen molar-refractivity contribution in [3.05, 3.63) is 52.7 Å². The number of anilines is 1. The van der Waals surface area contributed by atoms with Crippen LogP contribution in [0.3, 0.4) is 0 Å². The normalized spacial score (nSPS) is 10.8. The minimum Gasteiger partial charge on any atom is -0.263 e. The topological polar surface area (TPSA) is 82.9 Å². The zero-order chi connectivity index (χ0) is 14.8. The molecule has 0 aliphatic heterocycles. The number of sulfonamides is 1. The Labute approximate surface area is 121 Å². The lowest BCUT2D eigenvalue weighted by Gasteiger charge is -2.09. The van der Waals surface area contributed by atoms with Gasteiger partial charge in [0, 0.05) is 11.2 Å². The van der Waals surface area contributed by atoms with E-state index in [1.54, 1.807) is 18.3 Å². The highest BCUT2D eigenvalue weighted by molar-refractivity contribution is 7.92. The number of rotatable bonds is 3. The van der Waals surface area contributed by atoms with E-state index in [4.69, 9.17) is 16.9 Å². The number of nitriles is 1. The lowest BCUT2D eigenvalue weighted by molar-refractivity contribution is 0.601. The molecule has 0 bridgehead atoms. The molecule has 0 radical (unpaired) electrons. The lowest BCUT2D eigenvalue weighted by atomic mass is 10.2. The van der Waals surface area contributed by atoms with Crippen molar-refractivity contribution < 1.29 is 8.42 Å². The third-order valence-electron chi connectivity index (χ3n) is 2.50. The third-order valence-corrected chi connectivity index (χ3v) is 4.13. The summed E-state index contributed by atoms with van der Waals surface area (Å²) < 4.78 is 26.8. The summed E-state index contributed by atoms with van der Waals surface area (Å²) in [6.45, 7) is 1.84. The standard InChI is InChI=1S/C13H10ClN3O2S/c1-9-2-5-13(16-8-9)17-20(18,19)12-6-11(14)4-3-10(12)7-15/h2-6,8H,1H3,(H,16,17). The van der Waals surface area contributed by atoms with Crippen molar-refractivity contribution in [3.8, 4) is 6.07 Å². The number of nitrogens with one attached hydrogen (secondary N) is 1. The molecule has 0 saturated heterocycles. The summed E-state index contributed by atoms with van der Waals surface area (Å²) in [5.74, 6) is 0.180. The quantitative estimate of drug-likeness (QED) is 0.945. The summed E-state index contributed by atoms with van der Waals surface area (Å²) in [4.78, 5) is 3.79. The van der Waals surface area contributed by atoms with Gasteiger partial charge in [0.15, 0.2) is 0 Å². The molecule has 20 heavy (non-hydrogen) atoms. The van der Waals surface area contributed by atoms with Gasteiger partial charge in [-0.05, 0) is 36.8 Å². The fraction of sp³-hybridized carbons (Fsp3) is 0.0769. The van der Waals surface area contributed by atoms with Gasteiger partial charge in [0.1, 0.15) is 16.8 Å². The average molecular weight is 308 g/mol. The molecule has 102 valence electrons. The van der Waals surface area contributed by atoms with Gasteiger partial charge in [0.2, 0.25) is 0 Å². The first-order chi connectivity index (χ1) is 9.42. The predicted molar refractivity (Wildman–Crippen MR) is 75.9 cm³/mol. The van der Waals surface area contributed by atoms with E-state index >= 15 is 0 Å². The third kappa shape index (κ3) is 3.07. The smallest absolute Gasteiger partial charge is 0.263 e. The lowest BCUT2D eigenvalue weighted by Crippen LogP contribution is -2.15. The minimum atomic E-state index is -3.91. The molecule has 1 aromatic carbocycles. The summed E-state index contributed by atoms with van der Waals surface area (Å²) in [6.07, 6.45) is 1.54. The maximum atomic E-state index is 12.3. The summed E-state index contributed by atoms with van der Waals surface area (Å²) in [6, 6.07) is 9.16. The van der Waals surface area contributed by atoms with Crippen molar-refractivity contribution in [1.29, 1.82) is 5.26 Å². The molecule has 2 aromatic rings. The average Bonchev–Trinajstić information content (AvgIpc) is 2.41. The van der Waals surface area contributed by atoms with Crippen LogP contribution < -0.4 is 4.72 Å². The van der Waals surface area contributed by atoms with Crippen LogP contribution in [-0.4, -0.2) is 13.4 Å². The number of benzene rings is 1. The largest absolute Gasteiger partial charge is 0.264 e. The Morgan fingerprint density at radius 1 is 1.30 bits per heavy atom. The summed E-state index contributed by atoms with van der Waals surface area (Å²) in [5, 5.41) is 9.21. The number of aromatic nitrogens is 1. The molecule has 0 saturated carbocycles. The molecule has 0 fully saturated rings. The van der Waals surface area contributed by atoms with E-state index in [0.29, 0.717) is 0 Å². The Bertz CT molecular complexity index is 780. The van der Waals surface area contributed by atoms with Gasteiger partial charge in [0.05, 0.1) is 5.56 Å². The molecule has 1 N–H and O–H groups in total. The molecule has 5 nitrogen and oxygen atoms in total. The fourth-order valence-electron chi connectivity index (χ4n) is 1.53. The van der Waals surface area contributed by atoms with E-state index in [1.807, 2.05) is 13.0 Å². The minimum absolute atomic E-state index is 0.0222. The van der Waals surface area contributed by atoms with Crippen molar-refractivity contribution >= 4 is 27.4 Å². The number of hydrogen-bond acceptors (Lipinski definition) is 4. The SMILES string of the molecule is Cc1ccc(NS(=O)(=O)c2cc(Cl)ccc2C#N)nc1. The molecular formula is C13H10ClN3O2S. The van der Waals surface area contributed by atoms with E-state index in [9.17, 15) is 8.42 Å². The Morgan fingerprint density at radius 2 is 2.05 bits per heavy atom. The highest BCUT2D eigenvalue weighted by Gasteiger charge is 2.19. The van der Waals surface area contributed by atoms with Crippen LogP contribution in [0.4, 0.5) is 5.82 Å². The molecular weight excluding hydrogens is 298 g/mol. The molecule has 0 amide bonds. The summed E-state index contributed by atoms with van der Waals surface area (Å²) >= 11 is 5.79. The van der Waals surface area contributed by atoms with Gasteiger partial charge in [-0.3, -0.25) is 4.72 Å². The van der Waals surface area contributed by atoms with Gasteiger partial charge in [-0.15, -0.1) is 0 Å². The van der Waals surface area contributed by atoms with Gasteiger partial charge in [-0.1, -0.05) is 17.7 Å². The molecule has 2 rings (SSSR count). The number of halogens is 1. The van der Waals surface area contributed by atoms with Gasteiger partial charge >= 0.3 is 0 Å². The molecule has 1 aromatic heterocycles. The Hall–Kier alpha value is -2.10. The monoisotopic (exact) mass is 307 g/mol. The predicted octanol–water partition coefficient (Wildman–Crippen LogP) is 2.72. The van der Waals surface area contributed by atoms with Crippen molar-refractivity contribution in [2.45, 2.75) is 11.8 Å². The first kappa shape index (κ1) is 14.3.